The summed E-state index contributed by atoms with van der Waals surface area (Å²) in [5.41, 5.74) is -0.282. The number of ether oxygens (including phenoxy) is 1. The molecule has 2 N–H and O–H groups in total. The molecule has 0 unspecified atom stereocenters. The smallest absolute Gasteiger partial charge is 0.254 e. The Morgan fingerprint density at radius 2 is 2.32 bits per heavy atom. The highest BCUT2D eigenvalue weighted by molar-refractivity contribution is 5.95. The second-order valence-corrected chi connectivity index (χ2v) is 4.69. The van der Waals surface area contributed by atoms with Gasteiger partial charge in [0.1, 0.15) is 0 Å². The second kappa shape index (κ2) is 5.52. The molecule has 1 amide bonds. The fourth-order valence-corrected chi connectivity index (χ4v) is 2.15. The van der Waals surface area contributed by atoms with E-state index in [-0.39, 0.29) is 17.0 Å². The van der Waals surface area contributed by atoms with Crippen LogP contribution in [0.3, 0.4) is 0 Å². The molecule has 1 heterocycles. The molecule has 0 saturated heterocycles. The highest BCUT2D eigenvalue weighted by Gasteiger charge is 2.37. The average molecular weight is 267 g/mol. The van der Waals surface area contributed by atoms with Crippen LogP contribution in [0.5, 0.6) is 0 Å². The number of nitrogens with one attached hydrogen (secondary N) is 2. The molecule has 19 heavy (non-hydrogen) atoms. The lowest BCUT2D eigenvalue weighted by Crippen LogP contribution is -2.49. The highest BCUT2D eigenvalue weighted by atomic mass is 19.1. The number of carbonyl (C=O) groups is 1. The zero-order valence-corrected chi connectivity index (χ0v) is 11.1. The first kappa shape index (κ1) is 13.7. The summed E-state index contributed by atoms with van der Waals surface area (Å²) in [4.78, 5) is 15.8. The minimum atomic E-state index is -0.637. The number of anilines is 1. The number of halogens is 1. The predicted octanol–water partition coefficient (Wildman–Crippen LogP) is 1.56. The van der Waals surface area contributed by atoms with E-state index in [9.17, 15) is 9.18 Å². The minimum Gasteiger partial charge on any atom is -0.376 e. The van der Waals surface area contributed by atoms with Crippen LogP contribution in [0, 0.1) is 5.82 Å². The number of nitrogens with zero attached hydrogens (tertiary/aromatic N) is 1. The van der Waals surface area contributed by atoms with E-state index in [0.717, 1.165) is 19.3 Å². The van der Waals surface area contributed by atoms with Crippen molar-refractivity contribution in [3.63, 3.8) is 0 Å². The van der Waals surface area contributed by atoms with Gasteiger partial charge >= 0.3 is 0 Å². The first-order valence-electron chi connectivity index (χ1n) is 6.27. The SMILES string of the molecule is CNc1nccc(C(=O)NCC2(OC)CCC2)c1F. The van der Waals surface area contributed by atoms with E-state index < -0.39 is 11.7 Å². The van der Waals surface area contributed by atoms with Gasteiger partial charge in [-0.15, -0.1) is 0 Å². The molecule has 1 fully saturated rings. The molecule has 0 aromatic carbocycles. The molecule has 0 atom stereocenters. The van der Waals surface area contributed by atoms with Gasteiger partial charge in [-0.25, -0.2) is 9.37 Å². The standard InChI is InChI=1S/C13H18FN3O2/c1-15-11-10(14)9(4-7-16-11)12(18)17-8-13(19-2)5-3-6-13/h4,7H,3,5-6,8H2,1-2H3,(H,15,16)(H,17,18). The lowest BCUT2D eigenvalue weighted by molar-refractivity contribution is -0.0679. The summed E-state index contributed by atoms with van der Waals surface area (Å²) in [6.45, 7) is 0.402. The maximum absolute atomic E-state index is 13.9. The zero-order chi connectivity index (χ0) is 13.9. The highest BCUT2D eigenvalue weighted by Crippen LogP contribution is 2.34. The molecule has 1 aliphatic carbocycles. The summed E-state index contributed by atoms with van der Waals surface area (Å²) in [6.07, 6.45) is 4.34. The van der Waals surface area contributed by atoms with Crippen molar-refractivity contribution in [3.8, 4) is 0 Å². The lowest BCUT2D eigenvalue weighted by atomic mass is 9.80. The lowest BCUT2D eigenvalue weighted by Gasteiger charge is -2.40. The molecule has 1 aromatic rings. The third-order valence-electron chi connectivity index (χ3n) is 3.64. The summed E-state index contributed by atoms with van der Waals surface area (Å²) in [7, 11) is 3.19. The van der Waals surface area contributed by atoms with E-state index >= 15 is 0 Å². The molecule has 1 saturated carbocycles. The summed E-state index contributed by atoms with van der Waals surface area (Å²) >= 11 is 0. The van der Waals surface area contributed by atoms with Crippen molar-refractivity contribution in [3.05, 3.63) is 23.6 Å². The molecule has 6 heteroatoms. The predicted molar refractivity (Wildman–Crippen MR) is 69.7 cm³/mol. The normalized spacial score (nSPS) is 16.6. The van der Waals surface area contributed by atoms with Crippen LogP contribution in [-0.4, -0.2) is 37.2 Å². The van der Waals surface area contributed by atoms with Crippen LogP contribution in [0.15, 0.2) is 12.3 Å². The Morgan fingerprint density at radius 3 is 2.84 bits per heavy atom. The average Bonchev–Trinajstić information content (AvgIpc) is 2.38. The molecule has 104 valence electrons. The van der Waals surface area contributed by atoms with Crippen LogP contribution in [0.4, 0.5) is 10.2 Å². The van der Waals surface area contributed by atoms with Crippen LogP contribution in [0.25, 0.3) is 0 Å². The van der Waals surface area contributed by atoms with Gasteiger partial charge in [0.2, 0.25) is 0 Å². The van der Waals surface area contributed by atoms with E-state index in [0.29, 0.717) is 6.54 Å². The van der Waals surface area contributed by atoms with Gasteiger partial charge in [-0.05, 0) is 25.3 Å². The molecule has 0 spiro atoms. The van der Waals surface area contributed by atoms with Gasteiger partial charge in [-0.2, -0.15) is 0 Å². The molecule has 0 aliphatic heterocycles. The van der Waals surface area contributed by atoms with Gasteiger partial charge in [0.05, 0.1) is 11.2 Å². The number of hydrogen-bond donors (Lipinski definition) is 2. The Hall–Kier alpha value is -1.69. The van der Waals surface area contributed by atoms with Crippen molar-refractivity contribution in [1.82, 2.24) is 10.3 Å². The van der Waals surface area contributed by atoms with Crippen molar-refractivity contribution in [2.24, 2.45) is 0 Å². The maximum atomic E-state index is 13.9. The van der Waals surface area contributed by atoms with Gasteiger partial charge < -0.3 is 15.4 Å². The molecular formula is C13H18FN3O2. The van der Waals surface area contributed by atoms with Crippen LogP contribution in [-0.2, 0) is 4.74 Å². The van der Waals surface area contributed by atoms with Crippen molar-refractivity contribution >= 4 is 11.7 Å². The molecular weight excluding hydrogens is 249 g/mol. The topological polar surface area (TPSA) is 63.2 Å². The monoisotopic (exact) mass is 267 g/mol. The maximum Gasteiger partial charge on any atom is 0.254 e. The zero-order valence-electron chi connectivity index (χ0n) is 11.1. The Balaban J connectivity index is 2.04. The number of methoxy groups -OCH3 is 1. The second-order valence-electron chi connectivity index (χ2n) is 4.69. The first-order valence-corrected chi connectivity index (χ1v) is 6.27. The molecule has 1 aromatic heterocycles. The Labute approximate surface area is 111 Å². The van der Waals surface area contributed by atoms with E-state index in [4.69, 9.17) is 4.74 Å². The van der Waals surface area contributed by atoms with Crippen LogP contribution in [0.2, 0.25) is 0 Å². The summed E-state index contributed by atoms with van der Waals surface area (Å²) in [5, 5.41) is 5.33. The first-order chi connectivity index (χ1) is 9.12. The largest absolute Gasteiger partial charge is 0.376 e. The fraction of sp³-hybridized carbons (Fsp3) is 0.538. The quantitative estimate of drug-likeness (QED) is 0.850. The summed E-state index contributed by atoms with van der Waals surface area (Å²) in [5.74, 6) is -1.01. The van der Waals surface area contributed by atoms with E-state index in [1.165, 1.54) is 12.3 Å². The number of pyridine rings is 1. The van der Waals surface area contributed by atoms with Crippen molar-refractivity contribution < 1.29 is 13.9 Å². The molecule has 5 nitrogen and oxygen atoms in total. The van der Waals surface area contributed by atoms with Gasteiger partial charge in [0.25, 0.3) is 5.91 Å². The van der Waals surface area contributed by atoms with E-state index in [1.807, 2.05) is 0 Å². The third-order valence-corrected chi connectivity index (χ3v) is 3.64. The summed E-state index contributed by atoms with van der Waals surface area (Å²) in [6, 6.07) is 1.37. The molecule has 0 bridgehead atoms. The molecule has 0 radical (unpaired) electrons. The van der Waals surface area contributed by atoms with Gasteiger partial charge in [-0.3, -0.25) is 4.79 Å². The fourth-order valence-electron chi connectivity index (χ4n) is 2.15. The van der Waals surface area contributed by atoms with Gasteiger partial charge in [0, 0.05) is 26.9 Å². The Morgan fingerprint density at radius 1 is 1.58 bits per heavy atom. The third kappa shape index (κ3) is 2.68. The number of carbonyl (C=O) groups excluding carboxylic acids is 1. The number of hydrogen-bond acceptors (Lipinski definition) is 4. The van der Waals surface area contributed by atoms with Crippen molar-refractivity contribution in [2.45, 2.75) is 24.9 Å². The van der Waals surface area contributed by atoms with E-state index in [1.54, 1.807) is 14.2 Å². The van der Waals surface area contributed by atoms with Gasteiger partial charge in [-0.1, -0.05) is 0 Å². The Kier molecular flexibility index (Phi) is 3.99. The minimum absolute atomic E-state index is 0.00933. The van der Waals surface area contributed by atoms with Crippen molar-refractivity contribution in [1.29, 1.82) is 0 Å². The van der Waals surface area contributed by atoms with Crippen molar-refractivity contribution in [2.75, 3.05) is 26.0 Å². The van der Waals surface area contributed by atoms with Crippen LogP contribution >= 0.6 is 0 Å². The van der Waals surface area contributed by atoms with Gasteiger partial charge in [0.15, 0.2) is 11.6 Å². The number of rotatable bonds is 5. The Bertz CT molecular complexity index is 469. The molecule has 2 rings (SSSR count). The number of aromatic nitrogens is 1. The van der Waals surface area contributed by atoms with Crippen LogP contribution < -0.4 is 10.6 Å². The van der Waals surface area contributed by atoms with Crippen LogP contribution in [0.1, 0.15) is 29.6 Å². The van der Waals surface area contributed by atoms with E-state index in [2.05, 4.69) is 15.6 Å². The number of amides is 1. The summed E-state index contributed by atoms with van der Waals surface area (Å²) < 4.78 is 19.3. The molecule has 1 aliphatic rings.